The van der Waals surface area contributed by atoms with Crippen LogP contribution in [0.2, 0.25) is 5.02 Å². The zero-order valence-corrected chi connectivity index (χ0v) is 18.1. The van der Waals surface area contributed by atoms with Crippen molar-refractivity contribution in [2.45, 2.75) is 26.8 Å². The average molecular weight is 447 g/mol. The highest BCUT2D eigenvalue weighted by atomic mass is 35.5. The first-order valence-electron chi connectivity index (χ1n) is 10.0. The number of carbonyl (C=O) groups is 1. The van der Waals surface area contributed by atoms with Crippen LogP contribution in [0.4, 0.5) is 10.2 Å². The van der Waals surface area contributed by atoms with Crippen LogP contribution >= 0.6 is 11.6 Å². The van der Waals surface area contributed by atoms with E-state index in [1.54, 1.807) is 39.8 Å². The van der Waals surface area contributed by atoms with Gasteiger partial charge in [-0.25, -0.2) is 9.18 Å². The highest BCUT2D eigenvalue weighted by Gasteiger charge is 2.25. The van der Waals surface area contributed by atoms with Crippen molar-refractivity contribution < 1.29 is 19.4 Å². The molecule has 1 heterocycles. The van der Waals surface area contributed by atoms with E-state index in [1.165, 1.54) is 6.07 Å². The van der Waals surface area contributed by atoms with E-state index in [-0.39, 0.29) is 41.4 Å². The summed E-state index contributed by atoms with van der Waals surface area (Å²) in [4.78, 5) is 27.1. The number of hydrogen-bond donors (Lipinski definition) is 2. The van der Waals surface area contributed by atoms with E-state index in [0.29, 0.717) is 29.7 Å². The van der Waals surface area contributed by atoms with Crippen LogP contribution in [0.15, 0.2) is 41.2 Å². The molecule has 0 unspecified atom stereocenters. The first kappa shape index (κ1) is 22.8. The number of aromatic carboxylic acids is 1. The van der Waals surface area contributed by atoms with Gasteiger partial charge in [-0.2, -0.15) is 0 Å². The molecule has 0 saturated heterocycles. The Morgan fingerprint density at radius 2 is 1.90 bits per heavy atom. The lowest BCUT2D eigenvalue weighted by Gasteiger charge is -2.28. The minimum absolute atomic E-state index is 0.0145. The molecule has 0 aliphatic carbocycles. The number of hydrogen-bond acceptors (Lipinski definition) is 4. The van der Waals surface area contributed by atoms with E-state index in [1.807, 2.05) is 13.8 Å². The number of fused-ring (bicyclic) bond motifs is 1. The highest BCUT2D eigenvalue weighted by molar-refractivity contribution is 6.30. The van der Waals surface area contributed by atoms with Gasteiger partial charge in [0.15, 0.2) is 0 Å². The summed E-state index contributed by atoms with van der Waals surface area (Å²) in [6.45, 7) is 4.65. The van der Waals surface area contributed by atoms with Gasteiger partial charge in [-0.3, -0.25) is 4.79 Å². The molecule has 8 heteroatoms. The molecule has 0 aliphatic rings. The predicted octanol–water partition coefficient (Wildman–Crippen LogP) is 3.92. The minimum atomic E-state index is -1.33. The maximum atomic E-state index is 14.3. The molecule has 0 spiro atoms. The first-order chi connectivity index (χ1) is 14.8. The number of aliphatic hydroxyl groups excluding tert-OH is 1. The fraction of sp³-hybridized carbons (Fsp3) is 0.304. The Morgan fingerprint density at radius 3 is 2.52 bits per heavy atom. The third-order valence-corrected chi connectivity index (χ3v) is 5.62. The smallest absolute Gasteiger partial charge is 0.343 e. The van der Waals surface area contributed by atoms with Crippen LogP contribution in [-0.2, 0) is 13.0 Å². The lowest BCUT2D eigenvalue weighted by Crippen LogP contribution is -2.33. The molecule has 0 aliphatic heterocycles. The number of halogens is 2. The molecule has 3 rings (SSSR count). The summed E-state index contributed by atoms with van der Waals surface area (Å²) in [6, 6.07) is 9.79. The van der Waals surface area contributed by atoms with Crippen molar-refractivity contribution in [3.05, 3.63) is 74.2 Å². The van der Waals surface area contributed by atoms with Crippen molar-refractivity contribution in [1.29, 1.82) is 0 Å². The van der Waals surface area contributed by atoms with Crippen LogP contribution in [0.5, 0.6) is 0 Å². The number of aliphatic hydroxyl groups is 1. The minimum Gasteiger partial charge on any atom is -0.477 e. The van der Waals surface area contributed by atoms with Crippen molar-refractivity contribution in [3.8, 4) is 0 Å². The van der Waals surface area contributed by atoms with Crippen molar-refractivity contribution in [1.82, 2.24) is 4.57 Å². The Bertz CT molecular complexity index is 1190. The number of nitrogens with zero attached hydrogens (tertiary/aromatic N) is 2. The summed E-state index contributed by atoms with van der Waals surface area (Å²) in [6.07, 6.45) is 0.196. The molecule has 0 saturated carbocycles. The van der Waals surface area contributed by atoms with Gasteiger partial charge in [-0.1, -0.05) is 29.8 Å². The second-order valence-electron chi connectivity index (χ2n) is 7.12. The van der Waals surface area contributed by atoms with Crippen LogP contribution in [0.1, 0.15) is 35.3 Å². The second-order valence-corrected chi connectivity index (χ2v) is 7.53. The van der Waals surface area contributed by atoms with E-state index < -0.39 is 17.2 Å². The molecular weight excluding hydrogens is 423 g/mol. The van der Waals surface area contributed by atoms with E-state index >= 15 is 0 Å². The number of carboxylic acids is 1. The number of rotatable bonds is 8. The quantitative estimate of drug-likeness (QED) is 0.548. The van der Waals surface area contributed by atoms with Crippen LogP contribution in [0.25, 0.3) is 10.9 Å². The van der Waals surface area contributed by atoms with Crippen molar-refractivity contribution in [2.75, 3.05) is 24.6 Å². The van der Waals surface area contributed by atoms with Gasteiger partial charge in [0.25, 0.3) is 0 Å². The van der Waals surface area contributed by atoms with Gasteiger partial charge in [0.2, 0.25) is 5.43 Å². The lowest BCUT2D eigenvalue weighted by atomic mass is 10.0. The number of aromatic nitrogens is 1. The van der Waals surface area contributed by atoms with Gasteiger partial charge in [0.05, 0.1) is 17.1 Å². The summed E-state index contributed by atoms with van der Waals surface area (Å²) in [5.74, 6) is -1.57. The van der Waals surface area contributed by atoms with E-state index in [4.69, 9.17) is 11.6 Å². The molecule has 1 aromatic heterocycles. The summed E-state index contributed by atoms with van der Waals surface area (Å²) in [7, 11) is 0. The van der Waals surface area contributed by atoms with Crippen molar-refractivity contribution in [3.63, 3.8) is 0 Å². The highest BCUT2D eigenvalue weighted by Crippen LogP contribution is 2.27. The monoisotopic (exact) mass is 446 g/mol. The van der Waals surface area contributed by atoms with Gasteiger partial charge >= 0.3 is 5.97 Å². The lowest BCUT2D eigenvalue weighted by molar-refractivity contribution is 0.0695. The van der Waals surface area contributed by atoms with E-state index in [2.05, 4.69) is 0 Å². The van der Waals surface area contributed by atoms with Crippen molar-refractivity contribution >= 4 is 34.3 Å². The van der Waals surface area contributed by atoms with Gasteiger partial charge < -0.3 is 19.7 Å². The number of anilines is 1. The maximum Gasteiger partial charge on any atom is 0.343 e. The second kappa shape index (κ2) is 9.49. The Labute approximate surface area is 184 Å². The zero-order valence-electron chi connectivity index (χ0n) is 17.4. The SMILES string of the molecule is CCN(CC)c1c(C(=O)O)c(=O)c2cc(Cc3cccc(Cl)c3F)ccc2n1CCO. The third kappa shape index (κ3) is 4.29. The van der Waals surface area contributed by atoms with Crippen molar-refractivity contribution in [2.24, 2.45) is 0 Å². The topological polar surface area (TPSA) is 82.8 Å². The summed E-state index contributed by atoms with van der Waals surface area (Å²) >= 11 is 5.86. The van der Waals surface area contributed by atoms with Crippen LogP contribution in [-0.4, -0.2) is 40.4 Å². The van der Waals surface area contributed by atoms with Gasteiger partial charge in [-0.15, -0.1) is 0 Å². The zero-order chi connectivity index (χ0) is 22.7. The first-order valence-corrected chi connectivity index (χ1v) is 10.4. The van der Waals surface area contributed by atoms with E-state index in [9.17, 15) is 24.2 Å². The normalized spacial score (nSPS) is 11.1. The summed E-state index contributed by atoms with van der Waals surface area (Å²) < 4.78 is 16.0. The molecule has 6 nitrogen and oxygen atoms in total. The predicted molar refractivity (Wildman–Crippen MR) is 120 cm³/mol. The van der Waals surface area contributed by atoms with Gasteiger partial charge in [-0.05, 0) is 43.2 Å². The molecule has 0 radical (unpaired) electrons. The average Bonchev–Trinajstić information content (AvgIpc) is 2.74. The Kier molecular flexibility index (Phi) is 6.97. The molecule has 2 N–H and O–H groups in total. The molecule has 2 aromatic carbocycles. The standard InChI is InChI=1S/C23H24ClFN2O4/c1-3-26(4-2)22-19(23(30)31)21(29)16-13-14(8-9-18(16)27(22)10-11-28)12-15-6-5-7-17(24)20(15)25/h5-9,13,28H,3-4,10-12H2,1-2H3,(H,30,31). The molecule has 164 valence electrons. The van der Waals surface area contributed by atoms with Crippen LogP contribution < -0.4 is 10.3 Å². The summed E-state index contributed by atoms with van der Waals surface area (Å²) in [5, 5.41) is 19.7. The van der Waals surface area contributed by atoms with Gasteiger partial charge in [0, 0.05) is 31.4 Å². The third-order valence-electron chi connectivity index (χ3n) is 5.33. The van der Waals surface area contributed by atoms with E-state index in [0.717, 1.165) is 0 Å². The Hall–Kier alpha value is -2.90. The molecule has 0 fully saturated rings. The Balaban J connectivity index is 2.28. The van der Waals surface area contributed by atoms with Gasteiger partial charge in [0.1, 0.15) is 17.2 Å². The van der Waals surface area contributed by atoms with Crippen LogP contribution in [0, 0.1) is 5.82 Å². The molecule has 0 atom stereocenters. The summed E-state index contributed by atoms with van der Waals surface area (Å²) in [5.41, 5.74) is 0.595. The molecule has 0 amide bonds. The molecule has 31 heavy (non-hydrogen) atoms. The largest absolute Gasteiger partial charge is 0.477 e. The fourth-order valence-electron chi connectivity index (χ4n) is 3.87. The fourth-order valence-corrected chi connectivity index (χ4v) is 4.07. The molecule has 0 bridgehead atoms. The number of pyridine rings is 1. The number of carboxylic acid groups (broad SMARTS) is 1. The molecule has 3 aromatic rings. The maximum absolute atomic E-state index is 14.3. The Morgan fingerprint density at radius 1 is 1.19 bits per heavy atom. The van der Waals surface area contributed by atoms with Crippen LogP contribution in [0.3, 0.4) is 0 Å². The molecular formula is C23H24ClFN2O4. The number of benzene rings is 2.